The maximum atomic E-state index is 4.62. The molecule has 0 amide bonds. The van der Waals surface area contributed by atoms with Gasteiger partial charge in [0.25, 0.3) is 0 Å². The first kappa shape index (κ1) is 11.7. The van der Waals surface area contributed by atoms with Crippen molar-refractivity contribution in [3.8, 4) is 0 Å². The lowest BCUT2D eigenvalue weighted by Gasteiger charge is -2.11. The van der Waals surface area contributed by atoms with Crippen LogP contribution in [0, 0.1) is 0 Å². The van der Waals surface area contributed by atoms with Gasteiger partial charge in [-0.3, -0.25) is 0 Å². The summed E-state index contributed by atoms with van der Waals surface area (Å²) in [5, 5.41) is 3.24. The van der Waals surface area contributed by atoms with Gasteiger partial charge < -0.3 is 9.88 Å². The molecule has 1 aromatic heterocycles. The van der Waals surface area contributed by atoms with Gasteiger partial charge in [-0.15, -0.1) is 0 Å². The van der Waals surface area contributed by atoms with E-state index in [0.717, 1.165) is 30.9 Å². The molecule has 90 valence electrons. The highest BCUT2D eigenvalue weighted by molar-refractivity contribution is 5.17. The third-order valence-electron chi connectivity index (χ3n) is 2.89. The highest BCUT2D eigenvalue weighted by Crippen LogP contribution is 2.14. The third-order valence-corrected chi connectivity index (χ3v) is 2.89. The van der Waals surface area contributed by atoms with E-state index in [1.165, 1.54) is 18.7 Å². The Labute approximate surface area is 103 Å². The molecule has 0 bridgehead atoms. The number of allylic oxidation sites excluding steroid dienone is 3. The predicted octanol–water partition coefficient (Wildman–Crippen LogP) is 2.56. The molecule has 3 nitrogen and oxygen atoms in total. The minimum absolute atomic E-state index is 0.736. The van der Waals surface area contributed by atoms with Gasteiger partial charge >= 0.3 is 0 Å². The van der Waals surface area contributed by atoms with Gasteiger partial charge in [0.1, 0.15) is 5.82 Å². The molecule has 0 aromatic carbocycles. The highest BCUT2D eigenvalue weighted by atomic mass is 15.1. The fourth-order valence-corrected chi connectivity index (χ4v) is 2.00. The molecule has 1 aromatic rings. The number of fused-ring (bicyclic) bond motifs is 1. The second-order valence-electron chi connectivity index (χ2n) is 4.27. The molecule has 0 spiro atoms. The summed E-state index contributed by atoms with van der Waals surface area (Å²) in [7, 11) is 0. The van der Waals surface area contributed by atoms with Crippen LogP contribution in [0.1, 0.15) is 24.4 Å². The van der Waals surface area contributed by atoms with Gasteiger partial charge in [-0.25, -0.2) is 4.98 Å². The van der Waals surface area contributed by atoms with Gasteiger partial charge in [0, 0.05) is 24.9 Å². The van der Waals surface area contributed by atoms with Crippen molar-refractivity contribution in [2.24, 2.45) is 0 Å². The van der Waals surface area contributed by atoms with Crippen LogP contribution >= 0.6 is 0 Å². The van der Waals surface area contributed by atoms with Gasteiger partial charge in [0.05, 0.1) is 12.2 Å². The summed E-state index contributed by atoms with van der Waals surface area (Å²) in [6.45, 7) is 9.38. The fourth-order valence-electron chi connectivity index (χ4n) is 2.00. The maximum absolute atomic E-state index is 4.62. The SMILES string of the molecule is C=C/C=C\C(=C)NCc1cn2c(n1)CCCC2. The molecule has 0 atom stereocenters. The molecule has 2 heterocycles. The summed E-state index contributed by atoms with van der Waals surface area (Å²) in [6.07, 6.45) is 11.3. The zero-order valence-corrected chi connectivity index (χ0v) is 10.2. The van der Waals surface area contributed by atoms with Gasteiger partial charge in [0.2, 0.25) is 0 Å². The first-order valence-electron chi connectivity index (χ1n) is 6.06. The van der Waals surface area contributed by atoms with Crippen LogP contribution in [0.4, 0.5) is 0 Å². The molecule has 17 heavy (non-hydrogen) atoms. The van der Waals surface area contributed by atoms with Crippen molar-refractivity contribution in [2.45, 2.75) is 32.4 Å². The molecule has 2 rings (SSSR count). The Kier molecular flexibility index (Phi) is 3.81. The van der Waals surface area contributed by atoms with Crippen molar-refractivity contribution in [1.29, 1.82) is 0 Å². The molecule has 0 saturated carbocycles. The number of imidazole rings is 1. The van der Waals surface area contributed by atoms with Crippen LogP contribution in [0.25, 0.3) is 0 Å². The van der Waals surface area contributed by atoms with Crippen LogP contribution in [-0.2, 0) is 19.5 Å². The van der Waals surface area contributed by atoms with Crippen LogP contribution in [0.3, 0.4) is 0 Å². The van der Waals surface area contributed by atoms with Crippen LogP contribution in [0.2, 0.25) is 0 Å². The second kappa shape index (κ2) is 5.53. The summed E-state index contributed by atoms with van der Waals surface area (Å²) in [5.74, 6) is 1.22. The van der Waals surface area contributed by atoms with Gasteiger partial charge in [0.15, 0.2) is 0 Å². The Morgan fingerprint density at radius 3 is 3.18 bits per heavy atom. The maximum Gasteiger partial charge on any atom is 0.109 e. The monoisotopic (exact) mass is 229 g/mol. The first-order chi connectivity index (χ1) is 8.29. The molecule has 0 fully saturated rings. The van der Waals surface area contributed by atoms with E-state index in [1.54, 1.807) is 6.08 Å². The van der Waals surface area contributed by atoms with E-state index in [2.05, 4.69) is 34.2 Å². The van der Waals surface area contributed by atoms with Crippen molar-refractivity contribution < 1.29 is 0 Å². The minimum atomic E-state index is 0.736. The molecular formula is C14H19N3. The van der Waals surface area contributed by atoms with Crippen molar-refractivity contribution in [3.63, 3.8) is 0 Å². The smallest absolute Gasteiger partial charge is 0.109 e. The number of hydrogen-bond donors (Lipinski definition) is 1. The van der Waals surface area contributed by atoms with Crippen molar-refractivity contribution in [2.75, 3.05) is 0 Å². The van der Waals surface area contributed by atoms with Crippen molar-refractivity contribution >= 4 is 0 Å². The Bertz CT molecular complexity index is 417. The molecular weight excluding hydrogens is 210 g/mol. The number of aryl methyl sites for hydroxylation is 2. The number of nitrogens with zero attached hydrogens (tertiary/aromatic N) is 2. The normalized spacial score (nSPS) is 14.6. The van der Waals surface area contributed by atoms with Gasteiger partial charge in [-0.05, 0) is 18.9 Å². The fraction of sp³-hybridized carbons (Fsp3) is 0.357. The summed E-state index contributed by atoms with van der Waals surface area (Å²) in [4.78, 5) is 4.62. The number of hydrogen-bond acceptors (Lipinski definition) is 2. The molecule has 3 heteroatoms. The van der Waals surface area contributed by atoms with Crippen LogP contribution < -0.4 is 5.32 Å². The van der Waals surface area contributed by atoms with E-state index < -0.39 is 0 Å². The van der Waals surface area contributed by atoms with Crippen molar-refractivity contribution in [3.05, 3.63) is 54.8 Å². The molecule has 1 aliphatic rings. The van der Waals surface area contributed by atoms with E-state index in [0.29, 0.717) is 0 Å². The molecule has 0 saturated heterocycles. The second-order valence-corrected chi connectivity index (χ2v) is 4.27. The Morgan fingerprint density at radius 2 is 2.41 bits per heavy atom. The zero-order chi connectivity index (χ0) is 12.1. The van der Waals surface area contributed by atoms with Crippen LogP contribution in [0.15, 0.2) is 43.3 Å². The molecule has 0 unspecified atom stereocenters. The van der Waals surface area contributed by atoms with Crippen LogP contribution in [0.5, 0.6) is 0 Å². The van der Waals surface area contributed by atoms with Crippen LogP contribution in [-0.4, -0.2) is 9.55 Å². The van der Waals surface area contributed by atoms with Gasteiger partial charge in [-0.2, -0.15) is 0 Å². The summed E-state index contributed by atoms with van der Waals surface area (Å²) in [5.41, 5.74) is 1.98. The molecule has 0 aliphatic carbocycles. The van der Waals surface area contributed by atoms with E-state index in [-0.39, 0.29) is 0 Å². The van der Waals surface area contributed by atoms with E-state index in [4.69, 9.17) is 0 Å². The average molecular weight is 229 g/mol. The lowest BCUT2D eigenvalue weighted by molar-refractivity contribution is 0.522. The molecule has 1 aliphatic heterocycles. The lowest BCUT2D eigenvalue weighted by atomic mass is 10.2. The zero-order valence-electron chi connectivity index (χ0n) is 10.2. The summed E-state index contributed by atoms with van der Waals surface area (Å²) < 4.78 is 2.27. The van der Waals surface area contributed by atoms with Crippen molar-refractivity contribution in [1.82, 2.24) is 14.9 Å². The summed E-state index contributed by atoms with van der Waals surface area (Å²) in [6, 6.07) is 0. The lowest BCUT2D eigenvalue weighted by Crippen LogP contribution is -2.10. The number of rotatable bonds is 5. The number of nitrogens with one attached hydrogen (secondary N) is 1. The van der Waals surface area contributed by atoms with Gasteiger partial charge in [-0.1, -0.05) is 25.3 Å². The van der Waals surface area contributed by atoms with E-state index in [1.807, 2.05) is 12.2 Å². The standard InChI is InChI=1S/C14H19N3/c1-3-4-7-12(2)15-10-13-11-17-9-6-5-8-14(17)16-13/h3-4,7,11,15H,1-2,5-6,8-10H2/b7-4-. The largest absolute Gasteiger partial charge is 0.380 e. The Hall–Kier alpha value is -1.77. The summed E-state index contributed by atoms with van der Waals surface area (Å²) >= 11 is 0. The van der Waals surface area contributed by atoms with E-state index >= 15 is 0 Å². The molecule has 1 N–H and O–H groups in total. The predicted molar refractivity (Wildman–Crippen MR) is 70.5 cm³/mol. The highest BCUT2D eigenvalue weighted by Gasteiger charge is 2.11. The van der Waals surface area contributed by atoms with E-state index in [9.17, 15) is 0 Å². The topological polar surface area (TPSA) is 29.9 Å². The quantitative estimate of drug-likeness (QED) is 0.786. The minimum Gasteiger partial charge on any atom is -0.380 e. The Balaban J connectivity index is 1.91. The Morgan fingerprint density at radius 1 is 1.53 bits per heavy atom. The molecule has 0 radical (unpaired) electrons. The third kappa shape index (κ3) is 3.09. The first-order valence-corrected chi connectivity index (χ1v) is 6.06. The average Bonchev–Trinajstić information content (AvgIpc) is 2.76. The number of aromatic nitrogens is 2.